The molecule has 0 aliphatic rings. The Morgan fingerprint density at radius 3 is 2.88 bits per heavy atom. The monoisotopic (exact) mass is 255 g/mol. The number of nitro groups is 1. The van der Waals surface area contributed by atoms with Crippen molar-refractivity contribution in [3.05, 3.63) is 40.0 Å². The van der Waals surface area contributed by atoms with Gasteiger partial charge < -0.3 is 4.74 Å². The first-order valence-electron chi connectivity index (χ1n) is 5.32. The number of nitro benzene ring substituents is 1. The lowest BCUT2D eigenvalue weighted by Crippen LogP contribution is -1.95. The molecule has 0 saturated heterocycles. The normalized spacial score (nSPS) is 10.7. The Morgan fingerprint density at radius 1 is 1.53 bits per heavy atom. The highest BCUT2D eigenvalue weighted by atomic mass is 35.5. The molecule has 1 rings (SSSR count). The summed E-state index contributed by atoms with van der Waals surface area (Å²) in [6, 6.07) is 4.54. The van der Waals surface area contributed by atoms with E-state index < -0.39 is 4.92 Å². The van der Waals surface area contributed by atoms with Gasteiger partial charge >= 0.3 is 0 Å². The van der Waals surface area contributed by atoms with Crippen LogP contribution in [0.1, 0.15) is 18.9 Å². The second-order valence-electron chi connectivity index (χ2n) is 3.29. The number of hydrogen-bond donors (Lipinski definition) is 0. The molecule has 92 valence electrons. The van der Waals surface area contributed by atoms with E-state index in [0.717, 1.165) is 6.42 Å². The predicted molar refractivity (Wildman–Crippen MR) is 68.6 cm³/mol. The van der Waals surface area contributed by atoms with Crippen LogP contribution in [0.25, 0.3) is 6.08 Å². The fourth-order valence-electron chi connectivity index (χ4n) is 1.34. The average molecular weight is 256 g/mol. The number of alkyl halides is 1. The molecule has 0 heterocycles. The number of rotatable bonds is 6. The number of benzene rings is 1. The Morgan fingerprint density at radius 2 is 2.29 bits per heavy atom. The minimum atomic E-state index is -0.422. The molecule has 0 aromatic heterocycles. The summed E-state index contributed by atoms with van der Waals surface area (Å²) in [6.07, 6.45) is 4.38. The Bertz CT molecular complexity index is 418. The predicted octanol–water partition coefficient (Wildman–Crippen LogP) is 3.64. The molecule has 0 fully saturated rings. The number of ether oxygens (including phenoxy) is 1. The Labute approximate surface area is 105 Å². The molecule has 0 bridgehead atoms. The molecule has 0 radical (unpaired) electrons. The van der Waals surface area contributed by atoms with Crippen molar-refractivity contribution in [1.29, 1.82) is 0 Å². The van der Waals surface area contributed by atoms with Crippen LogP contribution in [0, 0.1) is 10.1 Å². The first kappa shape index (κ1) is 13.5. The van der Waals surface area contributed by atoms with Crippen LogP contribution in [0.4, 0.5) is 5.69 Å². The SMILES string of the molecule is CCOc1ccc([N+](=O)[O-])cc1C=CCCCl. The molecule has 0 saturated carbocycles. The van der Waals surface area contributed by atoms with E-state index in [1.54, 1.807) is 12.1 Å². The molecule has 0 aliphatic heterocycles. The quantitative estimate of drug-likeness (QED) is 0.443. The number of nitrogens with zero attached hydrogens (tertiary/aromatic N) is 1. The highest BCUT2D eigenvalue weighted by Crippen LogP contribution is 2.25. The van der Waals surface area contributed by atoms with Crippen molar-refractivity contribution in [1.82, 2.24) is 0 Å². The Hall–Kier alpha value is -1.55. The smallest absolute Gasteiger partial charge is 0.270 e. The molecule has 0 unspecified atom stereocenters. The van der Waals surface area contributed by atoms with Crippen molar-refractivity contribution < 1.29 is 9.66 Å². The molecule has 1 aromatic carbocycles. The van der Waals surface area contributed by atoms with Gasteiger partial charge in [0, 0.05) is 23.6 Å². The molecular formula is C12H14ClNO3. The number of allylic oxidation sites excluding steroid dienone is 1. The summed E-state index contributed by atoms with van der Waals surface area (Å²) in [7, 11) is 0. The van der Waals surface area contributed by atoms with Gasteiger partial charge in [-0.05, 0) is 19.4 Å². The van der Waals surface area contributed by atoms with E-state index in [1.165, 1.54) is 12.1 Å². The third-order valence-corrected chi connectivity index (χ3v) is 2.30. The minimum absolute atomic E-state index is 0.0546. The van der Waals surface area contributed by atoms with Crippen LogP contribution in [-0.4, -0.2) is 17.4 Å². The van der Waals surface area contributed by atoms with E-state index >= 15 is 0 Å². The molecular weight excluding hydrogens is 242 g/mol. The van der Waals surface area contributed by atoms with Gasteiger partial charge in [0.1, 0.15) is 5.75 Å². The third-order valence-electron chi connectivity index (χ3n) is 2.08. The van der Waals surface area contributed by atoms with Crippen molar-refractivity contribution in [3.63, 3.8) is 0 Å². The molecule has 4 nitrogen and oxygen atoms in total. The highest BCUT2D eigenvalue weighted by Gasteiger charge is 2.09. The van der Waals surface area contributed by atoms with Crippen LogP contribution in [0.15, 0.2) is 24.3 Å². The van der Waals surface area contributed by atoms with Gasteiger partial charge in [-0.2, -0.15) is 0 Å². The zero-order valence-corrected chi connectivity index (χ0v) is 10.3. The van der Waals surface area contributed by atoms with Crippen molar-refractivity contribution >= 4 is 23.4 Å². The van der Waals surface area contributed by atoms with Crippen LogP contribution in [0.2, 0.25) is 0 Å². The standard InChI is InChI=1S/C12H14ClNO3/c1-2-17-12-7-6-11(14(15)16)9-10(12)5-3-4-8-13/h3,5-7,9H,2,4,8H2,1H3. The van der Waals surface area contributed by atoms with Crippen LogP contribution in [0.5, 0.6) is 5.75 Å². The second kappa shape index (κ2) is 6.91. The molecule has 0 amide bonds. The van der Waals surface area contributed by atoms with Gasteiger partial charge in [0.2, 0.25) is 0 Å². The van der Waals surface area contributed by atoms with Gasteiger partial charge in [0.05, 0.1) is 11.5 Å². The van der Waals surface area contributed by atoms with Crippen molar-refractivity contribution in [2.45, 2.75) is 13.3 Å². The van der Waals surface area contributed by atoms with Gasteiger partial charge in [0.15, 0.2) is 0 Å². The molecule has 0 aliphatic carbocycles. The average Bonchev–Trinajstić information content (AvgIpc) is 2.31. The van der Waals surface area contributed by atoms with Crippen LogP contribution < -0.4 is 4.74 Å². The summed E-state index contributed by atoms with van der Waals surface area (Å²) in [5.41, 5.74) is 0.755. The summed E-state index contributed by atoms with van der Waals surface area (Å²) in [6.45, 7) is 2.39. The first-order chi connectivity index (χ1) is 8.19. The Balaban J connectivity index is 3.02. The first-order valence-corrected chi connectivity index (χ1v) is 5.86. The summed E-state index contributed by atoms with van der Waals surface area (Å²) >= 11 is 5.56. The third kappa shape index (κ3) is 4.07. The number of halogens is 1. The molecule has 5 heteroatoms. The summed E-state index contributed by atoms with van der Waals surface area (Å²) in [4.78, 5) is 10.2. The van der Waals surface area contributed by atoms with Gasteiger partial charge in [-0.3, -0.25) is 10.1 Å². The topological polar surface area (TPSA) is 52.4 Å². The van der Waals surface area contributed by atoms with E-state index in [4.69, 9.17) is 16.3 Å². The maximum absolute atomic E-state index is 10.7. The largest absolute Gasteiger partial charge is 0.493 e. The molecule has 0 atom stereocenters. The van der Waals surface area contributed by atoms with Crippen molar-refractivity contribution in [2.24, 2.45) is 0 Å². The van der Waals surface area contributed by atoms with Crippen LogP contribution in [-0.2, 0) is 0 Å². The van der Waals surface area contributed by atoms with E-state index in [2.05, 4.69) is 0 Å². The van der Waals surface area contributed by atoms with Crippen molar-refractivity contribution in [3.8, 4) is 5.75 Å². The van der Waals surface area contributed by atoms with Gasteiger partial charge in [-0.1, -0.05) is 12.2 Å². The lowest BCUT2D eigenvalue weighted by molar-refractivity contribution is -0.384. The summed E-state index contributed by atoms with van der Waals surface area (Å²) in [5, 5.41) is 10.7. The molecule has 1 aromatic rings. The fraction of sp³-hybridized carbons (Fsp3) is 0.333. The molecule has 17 heavy (non-hydrogen) atoms. The Kier molecular flexibility index (Phi) is 5.49. The molecule has 0 spiro atoms. The van der Waals surface area contributed by atoms with E-state index in [9.17, 15) is 10.1 Å². The van der Waals surface area contributed by atoms with E-state index in [1.807, 2.05) is 13.0 Å². The van der Waals surface area contributed by atoms with E-state index in [-0.39, 0.29) is 5.69 Å². The number of non-ortho nitro benzene ring substituents is 1. The van der Waals surface area contributed by atoms with Crippen molar-refractivity contribution in [2.75, 3.05) is 12.5 Å². The van der Waals surface area contributed by atoms with Crippen LogP contribution in [0.3, 0.4) is 0 Å². The fourth-order valence-corrected chi connectivity index (χ4v) is 1.47. The maximum Gasteiger partial charge on any atom is 0.270 e. The second-order valence-corrected chi connectivity index (χ2v) is 3.67. The zero-order chi connectivity index (χ0) is 12.7. The zero-order valence-electron chi connectivity index (χ0n) is 9.56. The maximum atomic E-state index is 10.7. The lowest BCUT2D eigenvalue weighted by atomic mass is 10.1. The molecule has 0 N–H and O–H groups in total. The van der Waals surface area contributed by atoms with E-state index in [0.29, 0.717) is 23.8 Å². The highest BCUT2D eigenvalue weighted by molar-refractivity contribution is 6.17. The minimum Gasteiger partial charge on any atom is -0.493 e. The van der Waals surface area contributed by atoms with Gasteiger partial charge in [0.25, 0.3) is 5.69 Å². The summed E-state index contributed by atoms with van der Waals surface area (Å²) in [5.74, 6) is 1.17. The van der Waals surface area contributed by atoms with Gasteiger partial charge in [-0.25, -0.2) is 0 Å². The lowest BCUT2D eigenvalue weighted by Gasteiger charge is -2.06. The number of hydrogen-bond acceptors (Lipinski definition) is 3. The van der Waals surface area contributed by atoms with Gasteiger partial charge in [-0.15, -0.1) is 11.6 Å². The van der Waals surface area contributed by atoms with Crippen LogP contribution >= 0.6 is 11.6 Å². The summed E-state index contributed by atoms with van der Waals surface area (Å²) < 4.78 is 5.40.